The van der Waals surface area contributed by atoms with Gasteiger partial charge in [0.25, 0.3) is 6.43 Å². The molecule has 0 N–H and O–H groups in total. The van der Waals surface area contributed by atoms with Crippen molar-refractivity contribution < 1.29 is 13.0 Å². The number of halogens is 2. The zero-order valence-corrected chi connectivity index (χ0v) is 12.9. The third kappa shape index (κ3) is 3.53. The second-order valence-corrected chi connectivity index (χ2v) is 6.40. The van der Waals surface area contributed by atoms with Crippen molar-refractivity contribution >= 4 is 27.5 Å². The molecule has 0 aliphatic carbocycles. The molecule has 21 heavy (non-hydrogen) atoms. The highest BCUT2D eigenvalue weighted by Gasteiger charge is 2.20. The summed E-state index contributed by atoms with van der Waals surface area (Å²) < 4.78 is 37.3. The Balaban J connectivity index is 2.52. The summed E-state index contributed by atoms with van der Waals surface area (Å²) in [6.45, 7) is 1.89. The molecule has 1 aromatic carbocycles. The molecule has 1 heterocycles. The Morgan fingerprint density at radius 1 is 1.29 bits per heavy atom. The lowest BCUT2D eigenvalue weighted by Crippen LogP contribution is -2.34. The van der Waals surface area contributed by atoms with Crippen molar-refractivity contribution in [3.63, 3.8) is 0 Å². The molecule has 2 aromatic rings. The SMILES string of the molecule is C[C@H](C[S@](C)=O)N(C)c1nc(C(F)F)nc2ccccc12. The first-order chi connectivity index (χ1) is 9.90. The lowest BCUT2D eigenvalue weighted by molar-refractivity contribution is 0.141. The van der Waals surface area contributed by atoms with Crippen LogP contribution < -0.4 is 4.90 Å². The molecule has 0 aliphatic heterocycles. The first kappa shape index (κ1) is 15.8. The molecule has 7 heteroatoms. The zero-order chi connectivity index (χ0) is 15.6. The van der Waals surface area contributed by atoms with Crippen LogP contribution in [0.5, 0.6) is 0 Å². The fourth-order valence-electron chi connectivity index (χ4n) is 2.10. The highest BCUT2D eigenvalue weighted by molar-refractivity contribution is 7.84. The average Bonchev–Trinajstić information content (AvgIpc) is 2.44. The van der Waals surface area contributed by atoms with Gasteiger partial charge in [-0.3, -0.25) is 4.21 Å². The molecule has 0 fully saturated rings. The predicted molar refractivity (Wildman–Crippen MR) is 81.3 cm³/mol. The number of hydrogen-bond donors (Lipinski definition) is 0. The van der Waals surface area contributed by atoms with Gasteiger partial charge in [0.2, 0.25) is 0 Å². The van der Waals surface area contributed by atoms with Crippen molar-refractivity contribution in [2.45, 2.75) is 19.4 Å². The van der Waals surface area contributed by atoms with Gasteiger partial charge in [0, 0.05) is 41.3 Å². The summed E-state index contributed by atoms with van der Waals surface area (Å²) >= 11 is 0. The molecule has 1 aromatic heterocycles. The summed E-state index contributed by atoms with van der Waals surface area (Å²) in [5.74, 6) is 0.396. The van der Waals surface area contributed by atoms with Gasteiger partial charge in [-0.1, -0.05) is 12.1 Å². The number of para-hydroxylation sites is 1. The Morgan fingerprint density at radius 2 is 1.95 bits per heavy atom. The lowest BCUT2D eigenvalue weighted by atomic mass is 10.2. The summed E-state index contributed by atoms with van der Waals surface area (Å²) in [6, 6.07) is 6.96. The topological polar surface area (TPSA) is 46.1 Å². The van der Waals surface area contributed by atoms with Crippen LogP contribution in [-0.4, -0.2) is 39.3 Å². The van der Waals surface area contributed by atoms with Crippen molar-refractivity contribution in [1.82, 2.24) is 9.97 Å². The molecule has 0 saturated carbocycles. The smallest absolute Gasteiger partial charge is 0.297 e. The van der Waals surface area contributed by atoms with Gasteiger partial charge in [-0.05, 0) is 19.1 Å². The van der Waals surface area contributed by atoms with Gasteiger partial charge in [0.15, 0.2) is 5.82 Å². The summed E-state index contributed by atoms with van der Waals surface area (Å²) in [5.41, 5.74) is 0.481. The van der Waals surface area contributed by atoms with Gasteiger partial charge in [-0.2, -0.15) is 0 Å². The zero-order valence-electron chi connectivity index (χ0n) is 12.1. The number of fused-ring (bicyclic) bond motifs is 1. The van der Waals surface area contributed by atoms with E-state index < -0.39 is 23.0 Å². The minimum absolute atomic E-state index is 0.0836. The lowest BCUT2D eigenvalue weighted by Gasteiger charge is -2.26. The van der Waals surface area contributed by atoms with E-state index >= 15 is 0 Å². The molecule has 0 saturated heterocycles. The van der Waals surface area contributed by atoms with Crippen molar-refractivity contribution in [2.75, 3.05) is 24.0 Å². The van der Waals surface area contributed by atoms with Gasteiger partial charge in [-0.25, -0.2) is 18.7 Å². The Hall–Kier alpha value is -1.63. The van der Waals surface area contributed by atoms with Gasteiger partial charge in [0.05, 0.1) is 5.52 Å². The molecular weight excluding hydrogens is 296 g/mol. The number of alkyl halides is 2. The van der Waals surface area contributed by atoms with E-state index in [1.54, 1.807) is 36.4 Å². The van der Waals surface area contributed by atoms with E-state index in [4.69, 9.17) is 0 Å². The van der Waals surface area contributed by atoms with Crippen LogP contribution in [0.3, 0.4) is 0 Å². The van der Waals surface area contributed by atoms with Crippen LogP contribution in [0.15, 0.2) is 24.3 Å². The largest absolute Gasteiger partial charge is 0.355 e. The quantitative estimate of drug-likeness (QED) is 0.851. The van der Waals surface area contributed by atoms with Gasteiger partial charge in [0.1, 0.15) is 5.82 Å². The second kappa shape index (κ2) is 6.43. The number of anilines is 1. The molecule has 4 nitrogen and oxygen atoms in total. The van der Waals surface area contributed by atoms with Gasteiger partial charge in [-0.15, -0.1) is 0 Å². The van der Waals surface area contributed by atoms with Crippen LogP contribution in [0, 0.1) is 0 Å². The van der Waals surface area contributed by atoms with E-state index in [1.807, 2.05) is 13.0 Å². The van der Waals surface area contributed by atoms with Crippen LogP contribution in [0.1, 0.15) is 19.2 Å². The normalized spacial score (nSPS) is 14.4. The maximum absolute atomic E-state index is 13.0. The number of rotatable bonds is 5. The van der Waals surface area contributed by atoms with E-state index in [1.165, 1.54) is 0 Å². The van der Waals surface area contributed by atoms with E-state index in [-0.39, 0.29) is 6.04 Å². The maximum atomic E-state index is 13.0. The Bertz CT molecular complexity index is 666. The van der Waals surface area contributed by atoms with E-state index in [0.717, 1.165) is 0 Å². The Morgan fingerprint density at radius 3 is 2.57 bits per heavy atom. The monoisotopic (exact) mass is 313 g/mol. The van der Waals surface area contributed by atoms with Crippen molar-refractivity contribution in [1.29, 1.82) is 0 Å². The molecule has 2 atom stereocenters. The van der Waals surface area contributed by atoms with Crippen LogP contribution in [0.2, 0.25) is 0 Å². The molecular formula is C14H17F2N3OS. The third-order valence-electron chi connectivity index (χ3n) is 3.27. The number of nitrogens with zero attached hydrogens (tertiary/aromatic N) is 3. The first-order valence-corrected chi connectivity index (χ1v) is 8.20. The maximum Gasteiger partial charge on any atom is 0.297 e. The number of benzene rings is 1. The van der Waals surface area contributed by atoms with Gasteiger partial charge < -0.3 is 4.90 Å². The molecule has 114 valence electrons. The average molecular weight is 313 g/mol. The number of aromatic nitrogens is 2. The standard InChI is InChI=1S/C14H17F2N3OS/c1-9(8-21(3)20)19(2)14-10-6-4-5-7-11(10)17-13(18-14)12(15)16/h4-7,9,12H,8H2,1-3H3/t9-,21+/m1/s1. The summed E-state index contributed by atoms with van der Waals surface area (Å²) in [7, 11) is 0.794. The molecule has 2 rings (SSSR count). The number of hydrogen-bond acceptors (Lipinski definition) is 4. The summed E-state index contributed by atoms with van der Waals surface area (Å²) in [5, 5.41) is 0.707. The predicted octanol–water partition coefficient (Wildman–Crippen LogP) is 2.77. The summed E-state index contributed by atoms with van der Waals surface area (Å²) in [6.07, 6.45) is -1.11. The van der Waals surface area contributed by atoms with E-state index in [9.17, 15) is 13.0 Å². The van der Waals surface area contributed by atoms with Crippen LogP contribution in [-0.2, 0) is 10.8 Å². The highest BCUT2D eigenvalue weighted by Crippen LogP contribution is 2.27. The first-order valence-electron chi connectivity index (χ1n) is 6.48. The molecule has 0 spiro atoms. The fraction of sp³-hybridized carbons (Fsp3) is 0.429. The van der Waals surface area contributed by atoms with Gasteiger partial charge >= 0.3 is 0 Å². The third-order valence-corrected chi connectivity index (χ3v) is 4.22. The van der Waals surface area contributed by atoms with E-state index in [0.29, 0.717) is 22.5 Å². The Kier molecular flexibility index (Phi) is 4.82. The molecule has 0 amide bonds. The van der Waals surface area contributed by atoms with Crippen molar-refractivity contribution in [3.05, 3.63) is 30.1 Å². The minimum atomic E-state index is -2.72. The van der Waals surface area contributed by atoms with Crippen molar-refractivity contribution in [2.24, 2.45) is 0 Å². The fourth-order valence-corrected chi connectivity index (χ4v) is 3.01. The molecule has 0 radical (unpaired) electrons. The summed E-state index contributed by atoms with van der Waals surface area (Å²) in [4.78, 5) is 9.66. The minimum Gasteiger partial charge on any atom is -0.355 e. The van der Waals surface area contributed by atoms with E-state index in [2.05, 4.69) is 9.97 Å². The second-order valence-electron chi connectivity index (χ2n) is 4.92. The van der Waals surface area contributed by atoms with Crippen LogP contribution >= 0.6 is 0 Å². The Labute approximate surface area is 124 Å². The molecule has 0 unspecified atom stereocenters. The van der Waals surface area contributed by atoms with Crippen LogP contribution in [0.25, 0.3) is 10.9 Å². The molecule has 0 aliphatic rings. The van der Waals surface area contributed by atoms with Crippen LogP contribution in [0.4, 0.5) is 14.6 Å². The highest BCUT2D eigenvalue weighted by atomic mass is 32.2. The van der Waals surface area contributed by atoms with Crippen molar-refractivity contribution in [3.8, 4) is 0 Å². The molecule has 0 bridgehead atoms.